The fraction of sp³-hybridized carbons (Fsp3) is 0.417. The number of carboxylic acids is 1. The van der Waals surface area contributed by atoms with E-state index in [-0.39, 0.29) is 10.5 Å². The van der Waals surface area contributed by atoms with Crippen LogP contribution in [0.4, 0.5) is 0 Å². The van der Waals surface area contributed by atoms with Gasteiger partial charge in [-0.3, -0.25) is 0 Å². The average Bonchev–Trinajstić information content (AvgIpc) is 2.41. The summed E-state index contributed by atoms with van der Waals surface area (Å²) in [6.45, 7) is 2.73. The largest absolute Gasteiger partial charge is 0.478 e. The standard InChI is InChI=1S/C12H16IN3O4S/c1-15-4-6-16(7-5-15)14-21(19,20)9-2-3-11(13)10(8-9)12(17)18/h2-3,8,14H,4-7H2,1H3,(H,17,18). The van der Waals surface area contributed by atoms with Gasteiger partial charge in [-0.25, -0.2) is 18.2 Å². The van der Waals surface area contributed by atoms with Crippen molar-refractivity contribution in [2.24, 2.45) is 0 Å². The Kier molecular flexibility index (Phi) is 5.20. The third kappa shape index (κ3) is 4.13. The fourth-order valence-electron chi connectivity index (χ4n) is 1.96. The Morgan fingerprint density at radius 3 is 2.48 bits per heavy atom. The molecule has 21 heavy (non-hydrogen) atoms. The molecule has 0 unspecified atom stereocenters. The van der Waals surface area contributed by atoms with E-state index in [1.807, 2.05) is 29.6 Å². The second kappa shape index (κ2) is 6.57. The molecular formula is C12H16IN3O4S. The normalized spacial score (nSPS) is 17.8. The number of benzene rings is 1. The van der Waals surface area contributed by atoms with E-state index in [0.29, 0.717) is 16.7 Å². The zero-order valence-electron chi connectivity index (χ0n) is 11.4. The molecular weight excluding hydrogens is 409 g/mol. The van der Waals surface area contributed by atoms with Crippen LogP contribution in [0.2, 0.25) is 0 Å². The van der Waals surface area contributed by atoms with Crippen molar-refractivity contribution in [3.05, 3.63) is 27.3 Å². The maximum absolute atomic E-state index is 12.3. The van der Waals surface area contributed by atoms with Crippen molar-refractivity contribution in [1.82, 2.24) is 14.7 Å². The first-order valence-corrected chi connectivity index (χ1v) is 8.84. The number of aromatic carboxylic acids is 1. The highest BCUT2D eigenvalue weighted by Crippen LogP contribution is 2.18. The molecule has 9 heteroatoms. The number of piperazine rings is 1. The molecule has 1 aromatic rings. The molecule has 7 nitrogen and oxygen atoms in total. The van der Waals surface area contributed by atoms with Crippen LogP contribution < -0.4 is 4.83 Å². The van der Waals surface area contributed by atoms with Gasteiger partial charge in [0.05, 0.1) is 10.5 Å². The third-order valence-electron chi connectivity index (χ3n) is 3.23. The van der Waals surface area contributed by atoms with Crippen LogP contribution in [0.15, 0.2) is 23.1 Å². The lowest BCUT2D eigenvalue weighted by molar-refractivity contribution is 0.0695. The summed E-state index contributed by atoms with van der Waals surface area (Å²) in [5.74, 6) is -1.14. The SMILES string of the molecule is CN1CCN(NS(=O)(=O)c2ccc(I)c(C(=O)O)c2)CC1. The molecule has 0 aromatic heterocycles. The van der Waals surface area contributed by atoms with Gasteiger partial charge < -0.3 is 10.0 Å². The number of likely N-dealkylation sites (N-methyl/N-ethyl adjacent to an activating group) is 1. The lowest BCUT2D eigenvalue weighted by atomic mass is 10.2. The van der Waals surface area contributed by atoms with Crippen molar-refractivity contribution in [3.8, 4) is 0 Å². The Morgan fingerprint density at radius 1 is 1.29 bits per heavy atom. The summed E-state index contributed by atoms with van der Waals surface area (Å²) in [6.07, 6.45) is 0. The van der Waals surface area contributed by atoms with Gasteiger partial charge in [-0.05, 0) is 47.8 Å². The van der Waals surface area contributed by atoms with Gasteiger partial charge >= 0.3 is 5.97 Å². The molecule has 1 fully saturated rings. The van der Waals surface area contributed by atoms with Gasteiger partial charge in [-0.2, -0.15) is 0 Å². The number of hydrogen-bond donors (Lipinski definition) is 2. The van der Waals surface area contributed by atoms with Crippen LogP contribution in [0, 0.1) is 3.57 Å². The summed E-state index contributed by atoms with van der Waals surface area (Å²) in [7, 11) is -1.78. The fourth-order valence-corrected chi connectivity index (χ4v) is 3.67. The predicted molar refractivity (Wildman–Crippen MR) is 85.5 cm³/mol. The maximum Gasteiger partial charge on any atom is 0.336 e. The smallest absolute Gasteiger partial charge is 0.336 e. The maximum atomic E-state index is 12.3. The number of hydrazine groups is 1. The van der Waals surface area contributed by atoms with Gasteiger partial charge in [0.15, 0.2) is 0 Å². The van der Waals surface area contributed by atoms with Gasteiger partial charge in [-0.1, -0.05) is 0 Å². The molecule has 1 aliphatic heterocycles. The van der Waals surface area contributed by atoms with E-state index in [2.05, 4.69) is 9.73 Å². The Bertz CT molecular complexity index is 642. The van der Waals surface area contributed by atoms with Gasteiger partial charge in [0.1, 0.15) is 0 Å². The van der Waals surface area contributed by atoms with Crippen molar-refractivity contribution in [2.45, 2.75) is 4.90 Å². The monoisotopic (exact) mass is 425 g/mol. The summed E-state index contributed by atoms with van der Waals surface area (Å²) in [6, 6.07) is 4.08. The van der Waals surface area contributed by atoms with Gasteiger partial charge in [0.25, 0.3) is 10.0 Å². The molecule has 0 saturated carbocycles. The third-order valence-corrected chi connectivity index (χ3v) is 5.54. The average molecular weight is 425 g/mol. The first-order valence-electron chi connectivity index (χ1n) is 6.28. The van der Waals surface area contributed by atoms with Crippen LogP contribution in [-0.2, 0) is 10.0 Å². The lowest BCUT2D eigenvalue weighted by Gasteiger charge is -2.32. The Hall–Kier alpha value is -0.750. The molecule has 2 rings (SSSR count). The van der Waals surface area contributed by atoms with Crippen LogP contribution in [0.25, 0.3) is 0 Å². The molecule has 1 saturated heterocycles. The summed E-state index contributed by atoms with van der Waals surface area (Å²) in [4.78, 5) is 15.7. The van der Waals surface area contributed by atoms with Crippen LogP contribution in [-0.4, -0.2) is 62.6 Å². The highest BCUT2D eigenvalue weighted by Gasteiger charge is 2.23. The van der Waals surface area contributed by atoms with Crippen molar-refractivity contribution in [2.75, 3.05) is 33.2 Å². The summed E-state index contributed by atoms with van der Waals surface area (Å²) < 4.78 is 25.1. The number of carbonyl (C=O) groups is 1. The van der Waals surface area contributed by atoms with Crippen LogP contribution in [0.3, 0.4) is 0 Å². The minimum Gasteiger partial charge on any atom is -0.478 e. The van der Waals surface area contributed by atoms with E-state index in [1.165, 1.54) is 18.2 Å². The van der Waals surface area contributed by atoms with Crippen molar-refractivity contribution in [1.29, 1.82) is 0 Å². The second-order valence-corrected chi connectivity index (χ2v) is 7.65. The lowest BCUT2D eigenvalue weighted by Crippen LogP contribution is -2.52. The van der Waals surface area contributed by atoms with Crippen LogP contribution in [0.1, 0.15) is 10.4 Å². The second-order valence-electron chi connectivity index (χ2n) is 4.83. The number of rotatable bonds is 4. The predicted octanol–water partition coefficient (Wildman–Crippen LogP) is 0.430. The van der Waals surface area contributed by atoms with Crippen molar-refractivity contribution < 1.29 is 18.3 Å². The topological polar surface area (TPSA) is 90.0 Å². The summed E-state index contributed by atoms with van der Waals surface area (Å²) in [5.41, 5.74) is -0.0168. The Labute approximate surface area is 137 Å². The molecule has 1 aliphatic rings. The first-order chi connectivity index (χ1) is 9.79. The minimum absolute atomic E-state index is 0.0168. The number of sulfonamides is 1. The van der Waals surface area contributed by atoms with E-state index in [4.69, 9.17) is 5.11 Å². The van der Waals surface area contributed by atoms with Crippen LogP contribution in [0.5, 0.6) is 0 Å². The molecule has 0 spiro atoms. The van der Waals surface area contributed by atoms with E-state index < -0.39 is 16.0 Å². The molecule has 0 amide bonds. The number of hydrogen-bond acceptors (Lipinski definition) is 5. The molecule has 0 radical (unpaired) electrons. The minimum atomic E-state index is -3.76. The van der Waals surface area contributed by atoms with E-state index >= 15 is 0 Å². The van der Waals surface area contributed by atoms with Crippen molar-refractivity contribution in [3.63, 3.8) is 0 Å². The molecule has 0 bridgehead atoms. The zero-order valence-corrected chi connectivity index (χ0v) is 14.4. The number of nitrogens with zero attached hydrogens (tertiary/aromatic N) is 2. The summed E-state index contributed by atoms with van der Waals surface area (Å²) >= 11 is 1.87. The van der Waals surface area contributed by atoms with Crippen molar-refractivity contribution >= 4 is 38.6 Å². The first kappa shape index (κ1) is 16.6. The molecule has 1 aromatic carbocycles. The quantitative estimate of drug-likeness (QED) is 0.681. The van der Waals surface area contributed by atoms with Crippen LogP contribution >= 0.6 is 22.6 Å². The highest BCUT2D eigenvalue weighted by atomic mass is 127. The summed E-state index contributed by atoms with van der Waals surface area (Å²) in [5, 5.41) is 10.7. The highest BCUT2D eigenvalue weighted by molar-refractivity contribution is 14.1. The number of halogens is 1. The van der Waals surface area contributed by atoms with Gasteiger partial charge in [0.2, 0.25) is 0 Å². The Morgan fingerprint density at radius 2 is 1.90 bits per heavy atom. The van der Waals surface area contributed by atoms with E-state index in [1.54, 1.807) is 5.01 Å². The van der Waals surface area contributed by atoms with E-state index in [9.17, 15) is 13.2 Å². The Balaban J connectivity index is 2.20. The number of nitrogens with one attached hydrogen (secondary N) is 1. The van der Waals surface area contributed by atoms with Gasteiger partial charge in [-0.15, -0.1) is 4.83 Å². The zero-order chi connectivity index (χ0) is 15.6. The molecule has 116 valence electrons. The van der Waals surface area contributed by atoms with E-state index in [0.717, 1.165) is 13.1 Å². The molecule has 0 atom stereocenters. The van der Waals surface area contributed by atoms with Gasteiger partial charge in [0, 0.05) is 29.7 Å². The molecule has 1 heterocycles. The number of carboxylic acid groups (broad SMARTS) is 1. The molecule has 2 N–H and O–H groups in total. The molecule has 0 aliphatic carbocycles.